The van der Waals surface area contributed by atoms with Crippen molar-refractivity contribution in [1.82, 2.24) is 5.32 Å². The zero-order valence-corrected chi connectivity index (χ0v) is 48.6. The monoisotopic (exact) mass is 1010 g/mol. The van der Waals surface area contributed by atoms with E-state index in [0.29, 0.717) is 19.3 Å². The second-order valence-electron chi connectivity index (χ2n) is 22.2. The molecule has 3 N–H and O–H groups in total. The summed E-state index contributed by atoms with van der Waals surface area (Å²) >= 11 is 0. The van der Waals surface area contributed by atoms with E-state index in [4.69, 9.17) is 4.74 Å². The molecule has 0 aliphatic carbocycles. The maximum atomic E-state index is 13.3. The van der Waals surface area contributed by atoms with Gasteiger partial charge in [0.25, 0.3) is 0 Å². The van der Waals surface area contributed by atoms with Gasteiger partial charge >= 0.3 is 5.97 Å². The zero-order chi connectivity index (χ0) is 52.3. The van der Waals surface area contributed by atoms with Crippen LogP contribution in [0, 0.1) is 0 Å². The standard InChI is InChI=1S/C66H125NO5/c1-4-7-10-13-16-19-22-25-28-31-32-35-38-41-44-47-50-53-56-59-66(71)72-62(57-54-51-48-45-42-39-36-33-29-26-23-20-17-14-11-8-5-2)60-65(70)67-63(61-68)64(69)58-55-52-49-46-43-40-37-34-30-27-24-21-18-15-12-9-6-3/h17,20,25-26,28-29,62-64,68-69H,4-16,18-19,21-24,27,30-61H2,1-3H3,(H,67,70)/b20-17-,28-25+,29-26-. The Morgan fingerprint density at radius 2 is 0.708 bits per heavy atom. The fourth-order valence-corrected chi connectivity index (χ4v) is 10.0. The Labute approximate surface area is 449 Å². The molecule has 0 aromatic rings. The number of allylic oxidation sites excluding steroid dienone is 6. The van der Waals surface area contributed by atoms with Gasteiger partial charge in [-0.05, 0) is 83.5 Å². The van der Waals surface area contributed by atoms with E-state index in [-0.39, 0.29) is 24.9 Å². The van der Waals surface area contributed by atoms with Crippen molar-refractivity contribution in [2.75, 3.05) is 6.61 Å². The molecule has 1 amide bonds. The third-order valence-electron chi connectivity index (χ3n) is 14.9. The van der Waals surface area contributed by atoms with Crippen LogP contribution in [0.3, 0.4) is 0 Å². The molecule has 0 saturated carbocycles. The Hall–Kier alpha value is -1.92. The first kappa shape index (κ1) is 70.1. The molecule has 72 heavy (non-hydrogen) atoms. The van der Waals surface area contributed by atoms with Crippen molar-refractivity contribution < 1.29 is 24.5 Å². The Morgan fingerprint density at radius 3 is 1.10 bits per heavy atom. The van der Waals surface area contributed by atoms with Gasteiger partial charge in [0.2, 0.25) is 5.91 Å². The van der Waals surface area contributed by atoms with Crippen LogP contribution in [0.1, 0.15) is 348 Å². The van der Waals surface area contributed by atoms with Crippen LogP contribution in [0.4, 0.5) is 0 Å². The van der Waals surface area contributed by atoms with Crippen LogP contribution in [0.25, 0.3) is 0 Å². The highest BCUT2D eigenvalue weighted by Gasteiger charge is 2.24. The first-order valence-corrected chi connectivity index (χ1v) is 32.2. The van der Waals surface area contributed by atoms with Crippen molar-refractivity contribution in [3.8, 4) is 0 Å². The lowest BCUT2D eigenvalue weighted by molar-refractivity contribution is -0.151. The maximum Gasteiger partial charge on any atom is 0.306 e. The number of ether oxygens (including phenoxy) is 1. The number of rotatable bonds is 59. The largest absolute Gasteiger partial charge is 0.462 e. The molecular formula is C66H125NO5. The number of hydrogen-bond acceptors (Lipinski definition) is 5. The molecule has 0 radical (unpaired) electrons. The molecule has 0 aromatic heterocycles. The van der Waals surface area contributed by atoms with Crippen molar-refractivity contribution in [2.24, 2.45) is 0 Å². The average Bonchev–Trinajstić information content (AvgIpc) is 3.37. The summed E-state index contributed by atoms with van der Waals surface area (Å²) in [5.74, 6) is -0.464. The van der Waals surface area contributed by atoms with Crippen molar-refractivity contribution in [1.29, 1.82) is 0 Å². The van der Waals surface area contributed by atoms with Crippen molar-refractivity contribution in [3.63, 3.8) is 0 Å². The Bertz CT molecular complexity index is 1180. The van der Waals surface area contributed by atoms with Gasteiger partial charge in [0, 0.05) is 6.42 Å². The zero-order valence-electron chi connectivity index (χ0n) is 48.6. The number of carbonyl (C=O) groups excluding carboxylic acids is 2. The molecule has 3 unspecified atom stereocenters. The molecule has 0 saturated heterocycles. The third-order valence-corrected chi connectivity index (χ3v) is 14.9. The van der Waals surface area contributed by atoms with E-state index in [9.17, 15) is 19.8 Å². The minimum Gasteiger partial charge on any atom is -0.462 e. The SMILES string of the molecule is CCCCC/C=C\C/C=C\CCCCCCCCCC(CC(=O)NC(CO)C(O)CCCCCCCCCCCCCCCCCCC)OC(=O)CCCCCCCCCCC/C=C/CCCCCCCC. The Kier molecular flexibility index (Phi) is 58.4. The van der Waals surface area contributed by atoms with Gasteiger partial charge in [-0.3, -0.25) is 9.59 Å². The third kappa shape index (κ3) is 54.3. The van der Waals surface area contributed by atoms with Gasteiger partial charge in [-0.2, -0.15) is 0 Å². The number of amides is 1. The van der Waals surface area contributed by atoms with E-state index in [1.54, 1.807) is 0 Å². The molecule has 424 valence electrons. The van der Waals surface area contributed by atoms with Gasteiger partial charge in [0.1, 0.15) is 6.10 Å². The molecule has 0 heterocycles. The fraction of sp³-hybridized carbons (Fsp3) is 0.879. The number of aliphatic hydroxyl groups excluding tert-OH is 2. The van der Waals surface area contributed by atoms with Crippen molar-refractivity contribution in [2.45, 2.75) is 366 Å². The van der Waals surface area contributed by atoms with Crippen LogP contribution in [0.15, 0.2) is 36.5 Å². The Balaban J connectivity index is 4.52. The lowest BCUT2D eigenvalue weighted by atomic mass is 10.0. The van der Waals surface area contributed by atoms with E-state index in [0.717, 1.165) is 64.2 Å². The second kappa shape index (κ2) is 60.0. The lowest BCUT2D eigenvalue weighted by Crippen LogP contribution is -2.46. The molecule has 0 aromatic carbocycles. The number of aliphatic hydroxyl groups is 2. The smallest absolute Gasteiger partial charge is 0.306 e. The highest BCUT2D eigenvalue weighted by atomic mass is 16.5. The van der Waals surface area contributed by atoms with Crippen LogP contribution >= 0.6 is 0 Å². The quantitative estimate of drug-likeness (QED) is 0.0320. The van der Waals surface area contributed by atoms with Crippen LogP contribution < -0.4 is 5.32 Å². The van der Waals surface area contributed by atoms with Gasteiger partial charge in [-0.25, -0.2) is 0 Å². The van der Waals surface area contributed by atoms with E-state index in [1.807, 2.05) is 0 Å². The number of unbranched alkanes of at least 4 members (excludes halogenated alkanes) is 41. The van der Waals surface area contributed by atoms with Gasteiger partial charge in [-0.15, -0.1) is 0 Å². The number of hydrogen-bond donors (Lipinski definition) is 3. The molecule has 0 bridgehead atoms. The summed E-state index contributed by atoms with van der Waals surface area (Å²) in [7, 11) is 0. The summed E-state index contributed by atoms with van der Waals surface area (Å²) in [6.07, 6.45) is 73.6. The normalized spacial score (nSPS) is 13.2. The van der Waals surface area contributed by atoms with Crippen LogP contribution in [-0.2, 0) is 14.3 Å². The number of esters is 1. The Morgan fingerprint density at radius 1 is 0.403 bits per heavy atom. The minimum absolute atomic E-state index is 0.0751. The summed E-state index contributed by atoms with van der Waals surface area (Å²) in [5, 5.41) is 24.0. The molecule has 3 atom stereocenters. The molecule has 0 spiro atoms. The molecular weight excluding hydrogens is 887 g/mol. The van der Waals surface area contributed by atoms with Gasteiger partial charge < -0.3 is 20.3 Å². The molecule has 0 fully saturated rings. The van der Waals surface area contributed by atoms with Gasteiger partial charge in [0.05, 0.1) is 25.2 Å². The summed E-state index contributed by atoms with van der Waals surface area (Å²) in [4.78, 5) is 26.4. The molecule has 6 nitrogen and oxygen atoms in total. The van der Waals surface area contributed by atoms with Crippen LogP contribution in [0.5, 0.6) is 0 Å². The highest BCUT2D eigenvalue weighted by molar-refractivity contribution is 5.77. The first-order chi connectivity index (χ1) is 35.5. The topological polar surface area (TPSA) is 95.9 Å². The first-order valence-electron chi connectivity index (χ1n) is 32.2. The van der Waals surface area contributed by atoms with E-state index < -0.39 is 18.2 Å². The summed E-state index contributed by atoms with van der Waals surface area (Å²) in [6, 6.07) is -0.704. The van der Waals surface area contributed by atoms with E-state index >= 15 is 0 Å². The van der Waals surface area contributed by atoms with Gasteiger partial charge in [0.15, 0.2) is 0 Å². The van der Waals surface area contributed by atoms with Crippen LogP contribution in [0.2, 0.25) is 0 Å². The maximum absolute atomic E-state index is 13.3. The van der Waals surface area contributed by atoms with Gasteiger partial charge in [-0.1, -0.05) is 288 Å². The summed E-state index contributed by atoms with van der Waals surface area (Å²) < 4.78 is 5.99. The molecule has 0 aliphatic rings. The predicted molar refractivity (Wildman–Crippen MR) is 315 cm³/mol. The summed E-state index contributed by atoms with van der Waals surface area (Å²) in [6.45, 7) is 6.51. The number of carbonyl (C=O) groups is 2. The van der Waals surface area contributed by atoms with Crippen LogP contribution in [-0.4, -0.2) is 46.9 Å². The van der Waals surface area contributed by atoms with Crippen molar-refractivity contribution >= 4 is 11.9 Å². The molecule has 0 rings (SSSR count). The number of nitrogens with one attached hydrogen (secondary N) is 1. The summed E-state index contributed by atoms with van der Waals surface area (Å²) in [5.41, 5.74) is 0. The predicted octanol–water partition coefficient (Wildman–Crippen LogP) is 20.4. The van der Waals surface area contributed by atoms with Crippen molar-refractivity contribution in [3.05, 3.63) is 36.5 Å². The minimum atomic E-state index is -0.790. The fourth-order valence-electron chi connectivity index (χ4n) is 10.0. The van der Waals surface area contributed by atoms with E-state index in [1.165, 1.54) is 238 Å². The molecule has 6 heteroatoms. The second-order valence-corrected chi connectivity index (χ2v) is 22.2. The van der Waals surface area contributed by atoms with E-state index in [2.05, 4.69) is 62.5 Å². The lowest BCUT2D eigenvalue weighted by Gasteiger charge is -2.24. The average molecular weight is 1010 g/mol. The highest BCUT2D eigenvalue weighted by Crippen LogP contribution is 2.19. The molecule has 0 aliphatic heterocycles.